The standard InChI is InChI=1S/C21H22N4O2S/c1-15-3-2-4-16(11-15)12-18-8-10-28(26,27)25(24-18)19-5-6-20-17(13-19)7-9-23-21(20)14-22/h2-7,9,11,13,18,24,26-27H,8,10,12H2,1H3/t18-/m0/s1. The van der Waals surface area contributed by atoms with Crippen LogP contribution >= 0.6 is 10.8 Å². The third-order valence-electron chi connectivity index (χ3n) is 4.99. The molecule has 0 aliphatic carbocycles. The quantitative estimate of drug-likeness (QED) is 0.609. The number of nitrogens with zero attached hydrogens (tertiary/aromatic N) is 3. The summed E-state index contributed by atoms with van der Waals surface area (Å²) in [6.07, 6.45) is 3.08. The maximum absolute atomic E-state index is 10.6. The minimum Gasteiger partial charge on any atom is -0.281 e. The Morgan fingerprint density at radius 1 is 1.25 bits per heavy atom. The fourth-order valence-electron chi connectivity index (χ4n) is 3.60. The molecule has 144 valence electrons. The minimum absolute atomic E-state index is 0.101. The normalized spacial score (nSPS) is 19.9. The van der Waals surface area contributed by atoms with E-state index in [2.05, 4.69) is 41.6 Å². The van der Waals surface area contributed by atoms with Gasteiger partial charge >= 0.3 is 0 Å². The third-order valence-corrected chi connectivity index (χ3v) is 6.67. The zero-order valence-corrected chi connectivity index (χ0v) is 16.4. The Balaban J connectivity index is 1.63. The van der Waals surface area contributed by atoms with E-state index in [0.717, 1.165) is 17.2 Å². The molecule has 1 atom stereocenters. The van der Waals surface area contributed by atoms with Crippen molar-refractivity contribution in [2.45, 2.75) is 25.8 Å². The van der Waals surface area contributed by atoms with Gasteiger partial charge in [-0.05, 0) is 55.0 Å². The van der Waals surface area contributed by atoms with Gasteiger partial charge in [0, 0.05) is 17.6 Å². The first kappa shape index (κ1) is 18.7. The van der Waals surface area contributed by atoms with Gasteiger partial charge in [0.2, 0.25) is 0 Å². The molecular weight excluding hydrogens is 372 g/mol. The van der Waals surface area contributed by atoms with Crippen LogP contribution in [0.1, 0.15) is 23.2 Å². The molecule has 0 spiro atoms. The van der Waals surface area contributed by atoms with E-state index in [0.29, 0.717) is 23.6 Å². The summed E-state index contributed by atoms with van der Waals surface area (Å²) in [6, 6.07) is 17.8. The lowest BCUT2D eigenvalue weighted by molar-refractivity contribution is 0.413. The van der Waals surface area contributed by atoms with Gasteiger partial charge in [0.15, 0.2) is 0 Å². The Bertz CT molecular complexity index is 1060. The highest BCUT2D eigenvalue weighted by Crippen LogP contribution is 2.48. The Kier molecular flexibility index (Phi) is 4.96. The molecule has 4 rings (SSSR count). The molecule has 0 bridgehead atoms. The second-order valence-electron chi connectivity index (χ2n) is 7.12. The summed E-state index contributed by atoms with van der Waals surface area (Å²) in [5, 5.41) is 10.8. The number of pyridine rings is 1. The van der Waals surface area contributed by atoms with Crippen LogP contribution in [0.25, 0.3) is 10.8 Å². The molecular formula is C21H22N4O2S. The number of hydrogen-bond acceptors (Lipinski definition) is 6. The number of fused-ring (bicyclic) bond motifs is 1. The summed E-state index contributed by atoms with van der Waals surface area (Å²) in [5.74, 6) is 0.314. The highest BCUT2D eigenvalue weighted by Gasteiger charge is 2.32. The number of aromatic nitrogens is 1. The molecule has 1 aliphatic heterocycles. The van der Waals surface area contributed by atoms with E-state index >= 15 is 0 Å². The Morgan fingerprint density at radius 2 is 2.11 bits per heavy atom. The molecule has 1 aliphatic rings. The average Bonchev–Trinajstić information content (AvgIpc) is 2.68. The lowest BCUT2D eigenvalue weighted by Gasteiger charge is -2.50. The number of benzene rings is 2. The van der Waals surface area contributed by atoms with Crippen LogP contribution in [-0.2, 0) is 6.42 Å². The minimum atomic E-state index is -2.95. The third kappa shape index (κ3) is 3.68. The number of hydrazine groups is 1. The van der Waals surface area contributed by atoms with Crippen molar-refractivity contribution in [2.24, 2.45) is 0 Å². The molecule has 3 N–H and O–H groups in total. The van der Waals surface area contributed by atoms with Gasteiger partial charge in [0.25, 0.3) is 0 Å². The van der Waals surface area contributed by atoms with E-state index in [1.807, 2.05) is 18.2 Å². The zero-order valence-electron chi connectivity index (χ0n) is 15.5. The van der Waals surface area contributed by atoms with Crippen molar-refractivity contribution in [1.29, 1.82) is 5.26 Å². The van der Waals surface area contributed by atoms with Crippen molar-refractivity contribution in [3.63, 3.8) is 0 Å². The molecule has 2 heterocycles. The summed E-state index contributed by atoms with van der Waals surface area (Å²) in [5.41, 5.74) is 6.77. The highest BCUT2D eigenvalue weighted by molar-refractivity contribution is 8.25. The van der Waals surface area contributed by atoms with Gasteiger partial charge in [0.1, 0.15) is 11.8 Å². The second kappa shape index (κ2) is 7.41. The number of nitrogens with one attached hydrogen (secondary N) is 1. The lowest BCUT2D eigenvalue weighted by Crippen LogP contribution is -2.52. The molecule has 6 nitrogen and oxygen atoms in total. The largest absolute Gasteiger partial charge is 0.281 e. The maximum Gasteiger partial charge on any atom is 0.148 e. The SMILES string of the molecule is Cc1cccc(C[C@@H]2CCS(O)(O)N(c3ccc4c(C#N)nccc4c3)N2)c1. The average molecular weight is 395 g/mol. The molecule has 3 aromatic rings. The second-order valence-corrected chi connectivity index (χ2v) is 9.15. The van der Waals surface area contributed by atoms with Gasteiger partial charge in [-0.2, -0.15) is 5.26 Å². The van der Waals surface area contributed by atoms with Crippen molar-refractivity contribution in [3.8, 4) is 6.07 Å². The van der Waals surface area contributed by atoms with Crippen LogP contribution in [-0.4, -0.2) is 25.9 Å². The molecule has 0 unspecified atom stereocenters. The summed E-state index contributed by atoms with van der Waals surface area (Å²) in [4.78, 5) is 4.08. The summed E-state index contributed by atoms with van der Waals surface area (Å²) in [7, 11) is -2.95. The van der Waals surface area contributed by atoms with Crippen LogP contribution in [0.2, 0.25) is 0 Å². The maximum atomic E-state index is 10.6. The number of aryl methyl sites for hydroxylation is 1. The van der Waals surface area contributed by atoms with Crippen LogP contribution in [0.15, 0.2) is 54.7 Å². The van der Waals surface area contributed by atoms with Crippen LogP contribution < -0.4 is 9.84 Å². The van der Waals surface area contributed by atoms with Crippen molar-refractivity contribution >= 4 is 27.2 Å². The van der Waals surface area contributed by atoms with Crippen molar-refractivity contribution in [3.05, 3.63) is 71.5 Å². The lowest BCUT2D eigenvalue weighted by atomic mass is 10.0. The number of hydrogen-bond donors (Lipinski definition) is 3. The van der Waals surface area contributed by atoms with E-state index in [-0.39, 0.29) is 6.04 Å². The Morgan fingerprint density at radius 3 is 2.89 bits per heavy atom. The fraction of sp³-hybridized carbons (Fsp3) is 0.238. The Labute approximate surface area is 165 Å². The first-order valence-electron chi connectivity index (χ1n) is 9.13. The van der Waals surface area contributed by atoms with Crippen LogP contribution in [0.4, 0.5) is 5.69 Å². The van der Waals surface area contributed by atoms with Crippen LogP contribution in [0.5, 0.6) is 0 Å². The van der Waals surface area contributed by atoms with Crippen LogP contribution in [0.3, 0.4) is 0 Å². The van der Waals surface area contributed by atoms with E-state index in [4.69, 9.17) is 0 Å². The molecule has 0 radical (unpaired) electrons. The van der Waals surface area contributed by atoms with Crippen molar-refractivity contribution in [1.82, 2.24) is 10.4 Å². The van der Waals surface area contributed by atoms with E-state index < -0.39 is 10.8 Å². The Hall–Kier alpha value is -2.63. The van der Waals surface area contributed by atoms with Crippen molar-refractivity contribution in [2.75, 3.05) is 10.2 Å². The number of nitriles is 1. The molecule has 1 fully saturated rings. The number of anilines is 1. The van der Waals surface area contributed by atoms with E-state index in [9.17, 15) is 14.4 Å². The smallest absolute Gasteiger partial charge is 0.148 e. The summed E-state index contributed by atoms with van der Waals surface area (Å²) < 4.78 is 22.8. The predicted octanol–water partition coefficient (Wildman–Crippen LogP) is 4.41. The van der Waals surface area contributed by atoms with Crippen molar-refractivity contribution < 1.29 is 9.11 Å². The molecule has 0 amide bonds. The first-order chi connectivity index (χ1) is 13.5. The molecule has 28 heavy (non-hydrogen) atoms. The zero-order chi connectivity index (χ0) is 19.7. The van der Waals surface area contributed by atoms with Gasteiger partial charge in [0.05, 0.1) is 11.4 Å². The van der Waals surface area contributed by atoms with Gasteiger partial charge in [-0.3, -0.25) is 9.11 Å². The summed E-state index contributed by atoms with van der Waals surface area (Å²) in [6.45, 7) is 2.07. The van der Waals surface area contributed by atoms with Gasteiger partial charge in [-0.1, -0.05) is 29.8 Å². The summed E-state index contributed by atoms with van der Waals surface area (Å²) >= 11 is 0. The van der Waals surface area contributed by atoms with Gasteiger partial charge < -0.3 is 0 Å². The van der Waals surface area contributed by atoms with E-state index in [1.54, 1.807) is 18.3 Å². The molecule has 2 aromatic carbocycles. The fourth-order valence-corrected chi connectivity index (χ4v) is 5.15. The topological polar surface area (TPSA) is 92.4 Å². The highest BCUT2D eigenvalue weighted by atomic mass is 32.3. The van der Waals surface area contributed by atoms with Gasteiger partial charge in [-0.15, -0.1) is 10.8 Å². The monoisotopic (exact) mass is 394 g/mol. The molecule has 1 aromatic heterocycles. The predicted molar refractivity (Wildman–Crippen MR) is 113 cm³/mol. The molecule has 0 saturated carbocycles. The van der Waals surface area contributed by atoms with Gasteiger partial charge in [-0.25, -0.2) is 14.8 Å². The molecule has 1 saturated heterocycles. The first-order valence-corrected chi connectivity index (χ1v) is 10.8. The molecule has 7 heteroatoms. The number of rotatable bonds is 3. The van der Waals surface area contributed by atoms with E-state index in [1.165, 1.54) is 15.5 Å². The van der Waals surface area contributed by atoms with Crippen LogP contribution in [0, 0.1) is 18.3 Å².